The highest BCUT2D eigenvalue weighted by Crippen LogP contribution is 2.22. The van der Waals surface area contributed by atoms with E-state index in [0.717, 1.165) is 11.1 Å². The summed E-state index contributed by atoms with van der Waals surface area (Å²) in [5.41, 5.74) is 0.932. The minimum atomic E-state index is -1.11. The van der Waals surface area contributed by atoms with Gasteiger partial charge in [0.15, 0.2) is 11.4 Å². The van der Waals surface area contributed by atoms with Gasteiger partial charge < -0.3 is 4.74 Å². The molecule has 1 amide bonds. The summed E-state index contributed by atoms with van der Waals surface area (Å²) in [5, 5.41) is 10.1. The summed E-state index contributed by atoms with van der Waals surface area (Å²) in [6, 6.07) is 14.7. The molecule has 0 fully saturated rings. The van der Waals surface area contributed by atoms with E-state index in [9.17, 15) is 4.79 Å². The molecule has 1 heterocycles. The summed E-state index contributed by atoms with van der Waals surface area (Å²) < 4.78 is 5.76. The summed E-state index contributed by atoms with van der Waals surface area (Å²) in [6.45, 7) is 5.35. The van der Waals surface area contributed by atoms with Gasteiger partial charge in [-0.2, -0.15) is 4.98 Å². The number of rotatable bonds is 5. The van der Waals surface area contributed by atoms with Crippen LogP contribution in [-0.2, 0) is 4.79 Å². The molecule has 2 N–H and O–H groups in total. The number of hydrogen-bond acceptors (Lipinski definition) is 4. The van der Waals surface area contributed by atoms with Crippen molar-refractivity contribution in [1.82, 2.24) is 15.2 Å². The number of hydrogen-bond donors (Lipinski definition) is 2. The van der Waals surface area contributed by atoms with Crippen molar-refractivity contribution in [1.29, 1.82) is 0 Å². The molecule has 0 saturated carbocycles. The summed E-state index contributed by atoms with van der Waals surface area (Å²) in [6.07, 6.45) is 0. The van der Waals surface area contributed by atoms with Crippen LogP contribution in [0, 0.1) is 6.92 Å². The number of benzene rings is 2. The molecule has 1 aromatic heterocycles. The number of carbonyl (C=O) groups excluding carboxylic acids is 1. The van der Waals surface area contributed by atoms with E-state index in [0.29, 0.717) is 16.6 Å². The van der Waals surface area contributed by atoms with Crippen molar-refractivity contribution >= 4 is 23.5 Å². The van der Waals surface area contributed by atoms with Gasteiger partial charge in [0.25, 0.3) is 5.91 Å². The number of aryl methyl sites for hydroxylation is 1. The first-order valence-electron chi connectivity index (χ1n) is 8.09. The SMILES string of the molecule is Cc1ccc(-c2nc(NC(=O)C(C)(C)Oc3ccc(Cl)cc3)n[nH]2)cc1. The van der Waals surface area contributed by atoms with Crippen LogP contribution < -0.4 is 10.1 Å². The van der Waals surface area contributed by atoms with Crippen LogP contribution in [-0.4, -0.2) is 26.7 Å². The Kier molecular flexibility index (Phi) is 4.95. The van der Waals surface area contributed by atoms with Crippen LogP contribution in [0.25, 0.3) is 11.4 Å². The third kappa shape index (κ3) is 4.21. The van der Waals surface area contributed by atoms with Crippen LogP contribution in [0.4, 0.5) is 5.95 Å². The summed E-state index contributed by atoms with van der Waals surface area (Å²) in [7, 11) is 0. The van der Waals surface area contributed by atoms with Gasteiger partial charge in [-0.25, -0.2) is 0 Å². The highest BCUT2D eigenvalue weighted by atomic mass is 35.5. The maximum atomic E-state index is 12.5. The second-order valence-electron chi connectivity index (χ2n) is 6.39. The highest BCUT2D eigenvalue weighted by Gasteiger charge is 2.31. The van der Waals surface area contributed by atoms with Crippen LogP contribution in [0.1, 0.15) is 19.4 Å². The van der Waals surface area contributed by atoms with Gasteiger partial charge in [0.1, 0.15) is 5.75 Å². The Morgan fingerprint density at radius 1 is 1.12 bits per heavy atom. The lowest BCUT2D eigenvalue weighted by molar-refractivity contribution is -0.128. The van der Waals surface area contributed by atoms with Crippen molar-refractivity contribution in [2.45, 2.75) is 26.4 Å². The lowest BCUT2D eigenvalue weighted by Crippen LogP contribution is -2.42. The Balaban J connectivity index is 1.69. The Hall–Kier alpha value is -2.86. The van der Waals surface area contributed by atoms with Crippen LogP contribution >= 0.6 is 11.6 Å². The van der Waals surface area contributed by atoms with Gasteiger partial charge in [-0.15, -0.1) is 5.10 Å². The van der Waals surface area contributed by atoms with Gasteiger partial charge in [0, 0.05) is 10.6 Å². The number of H-pyrrole nitrogens is 1. The molecule has 26 heavy (non-hydrogen) atoms. The fourth-order valence-electron chi connectivity index (χ4n) is 2.25. The van der Waals surface area contributed by atoms with Gasteiger partial charge in [-0.3, -0.25) is 15.2 Å². The number of aromatic nitrogens is 3. The van der Waals surface area contributed by atoms with E-state index in [2.05, 4.69) is 20.5 Å². The van der Waals surface area contributed by atoms with E-state index >= 15 is 0 Å². The molecule has 0 atom stereocenters. The lowest BCUT2D eigenvalue weighted by Gasteiger charge is -2.24. The highest BCUT2D eigenvalue weighted by molar-refractivity contribution is 6.30. The molecular formula is C19H19ClN4O2. The quantitative estimate of drug-likeness (QED) is 0.704. The largest absolute Gasteiger partial charge is 0.478 e. The normalized spacial score (nSPS) is 11.2. The molecule has 134 valence electrons. The maximum Gasteiger partial charge on any atom is 0.270 e. The van der Waals surface area contributed by atoms with Gasteiger partial charge in [-0.1, -0.05) is 41.4 Å². The molecule has 0 aliphatic heterocycles. The van der Waals surface area contributed by atoms with E-state index < -0.39 is 5.60 Å². The van der Waals surface area contributed by atoms with Crippen molar-refractivity contribution < 1.29 is 9.53 Å². The van der Waals surface area contributed by atoms with E-state index in [-0.39, 0.29) is 11.9 Å². The second-order valence-corrected chi connectivity index (χ2v) is 6.83. The predicted molar refractivity (Wildman–Crippen MR) is 101 cm³/mol. The zero-order valence-corrected chi connectivity index (χ0v) is 15.5. The fraction of sp³-hybridized carbons (Fsp3) is 0.211. The van der Waals surface area contributed by atoms with Crippen molar-refractivity contribution in [2.24, 2.45) is 0 Å². The molecule has 0 saturated heterocycles. The van der Waals surface area contributed by atoms with Crippen LogP contribution in [0.2, 0.25) is 5.02 Å². The molecule has 0 bridgehead atoms. The Morgan fingerprint density at radius 3 is 2.42 bits per heavy atom. The molecule has 3 rings (SSSR count). The zero-order chi connectivity index (χ0) is 18.7. The minimum absolute atomic E-state index is 0.193. The third-order valence-electron chi connectivity index (χ3n) is 3.77. The first-order chi connectivity index (χ1) is 12.3. The Bertz CT molecular complexity index is 902. The van der Waals surface area contributed by atoms with Crippen LogP contribution in [0.15, 0.2) is 48.5 Å². The van der Waals surface area contributed by atoms with Crippen LogP contribution in [0.3, 0.4) is 0 Å². The summed E-state index contributed by atoms with van der Waals surface area (Å²) >= 11 is 5.86. The number of carbonyl (C=O) groups is 1. The lowest BCUT2D eigenvalue weighted by atomic mass is 10.1. The summed E-state index contributed by atoms with van der Waals surface area (Å²) in [5.74, 6) is 0.960. The van der Waals surface area contributed by atoms with Crippen molar-refractivity contribution in [2.75, 3.05) is 5.32 Å². The Labute approximate surface area is 156 Å². The second kappa shape index (κ2) is 7.17. The van der Waals surface area contributed by atoms with E-state index in [1.54, 1.807) is 38.1 Å². The number of halogens is 1. The predicted octanol–water partition coefficient (Wildman–Crippen LogP) is 4.23. The first kappa shape index (κ1) is 17.9. The van der Waals surface area contributed by atoms with Gasteiger partial charge >= 0.3 is 0 Å². The smallest absolute Gasteiger partial charge is 0.270 e. The number of amides is 1. The molecule has 2 aromatic carbocycles. The number of anilines is 1. The minimum Gasteiger partial charge on any atom is -0.478 e. The van der Waals surface area contributed by atoms with Gasteiger partial charge in [0.2, 0.25) is 5.95 Å². The third-order valence-corrected chi connectivity index (χ3v) is 4.02. The molecule has 0 spiro atoms. The molecular weight excluding hydrogens is 352 g/mol. The average molecular weight is 371 g/mol. The van der Waals surface area contributed by atoms with Gasteiger partial charge in [-0.05, 0) is 45.0 Å². The first-order valence-corrected chi connectivity index (χ1v) is 8.47. The van der Waals surface area contributed by atoms with Gasteiger partial charge in [0.05, 0.1) is 0 Å². The van der Waals surface area contributed by atoms with Crippen molar-refractivity contribution in [3.63, 3.8) is 0 Å². The number of nitrogens with zero attached hydrogens (tertiary/aromatic N) is 2. The van der Waals surface area contributed by atoms with Crippen molar-refractivity contribution in [3.05, 3.63) is 59.1 Å². The average Bonchev–Trinajstić information content (AvgIpc) is 3.06. The number of nitrogens with one attached hydrogen (secondary N) is 2. The molecule has 0 unspecified atom stereocenters. The standard InChI is InChI=1S/C19H19ClN4O2/c1-12-4-6-13(7-5-12)16-21-18(24-23-16)22-17(25)19(2,3)26-15-10-8-14(20)9-11-15/h4-11H,1-3H3,(H2,21,22,23,24,25). The Morgan fingerprint density at radius 2 is 1.77 bits per heavy atom. The zero-order valence-electron chi connectivity index (χ0n) is 14.7. The molecule has 6 nitrogen and oxygen atoms in total. The number of aromatic amines is 1. The number of ether oxygens (including phenoxy) is 1. The molecule has 0 aliphatic carbocycles. The van der Waals surface area contributed by atoms with Crippen molar-refractivity contribution in [3.8, 4) is 17.1 Å². The topological polar surface area (TPSA) is 79.9 Å². The molecule has 0 radical (unpaired) electrons. The fourth-order valence-corrected chi connectivity index (χ4v) is 2.38. The molecule has 3 aromatic rings. The van der Waals surface area contributed by atoms with Crippen LogP contribution in [0.5, 0.6) is 5.75 Å². The van der Waals surface area contributed by atoms with E-state index in [1.165, 1.54) is 0 Å². The monoisotopic (exact) mass is 370 g/mol. The summed E-state index contributed by atoms with van der Waals surface area (Å²) in [4.78, 5) is 16.9. The molecule has 7 heteroatoms. The maximum absolute atomic E-state index is 12.5. The molecule has 0 aliphatic rings. The van der Waals surface area contributed by atoms with E-state index in [1.807, 2.05) is 31.2 Å². The van der Waals surface area contributed by atoms with E-state index in [4.69, 9.17) is 16.3 Å².